The summed E-state index contributed by atoms with van der Waals surface area (Å²) in [7, 11) is 1.46. The third-order valence-corrected chi connectivity index (χ3v) is 4.09. The number of ether oxygens (including phenoxy) is 3. The molecule has 1 aliphatic carbocycles. The molecule has 0 bridgehead atoms. The monoisotopic (exact) mass is 355 g/mol. The fourth-order valence-electron chi connectivity index (χ4n) is 2.68. The van der Waals surface area contributed by atoms with Gasteiger partial charge in [0.1, 0.15) is 0 Å². The SMILES string of the molecule is CCOc1c(Cl)cc(C(=O)OCC(=O)NC2CCCC2)cc1OC. The zero-order chi connectivity index (χ0) is 17.5. The Morgan fingerprint density at radius 1 is 1.29 bits per heavy atom. The molecule has 6 nitrogen and oxygen atoms in total. The molecule has 0 atom stereocenters. The molecule has 0 saturated heterocycles. The molecule has 24 heavy (non-hydrogen) atoms. The first-order chi connectivity index (χ1) is 11.5. The number of rotatable bonds is 7. The molecule has 0 spiro atoms. The topological polar surface area (TPSA) is 73.9 Å². The summed E-state index contributed by atoms with van der Waals surface area (Å²) in [6.07, 6.45) is 4.20. The number of halogens is 1. The normalized spacial score (nSPS) is 14.3. The van der Waals surface area contributed by atoms with Gasteiger partial charge in [-0.15, -0.1) is 0 Å². The molecular formula is C17H22ClNO5. The molecular weight excluding hydrogens is 334 g/mol. The van der Waals surface area contributed by atoms with Crippen LogP contribution in [0.2, 0.25) is 5.02 Å². The van der Waals surface area contributed by atoms with Crippen LogP contribution in [-0.2, 0) is 9.53 Å². The quantitative estimate of drug-likeness (QED) is 0.761. The molecule has 1 aromatic carbocycles. The van der Waals surface area contributed by atoms with Gasteiger partial charge in [0.2, 0.25) is 0 Å². The summed E-state index contributed by atoms with van der Waals surface area (Å²) in [6, 6.07) is 3.11. The van der Waals surface area contributed by atoms with Crippen LogP contribution in [0, 0.1) is 0 Å². The van der Waals surface area contributed by atoms with Gasteiger partial charge in [-0.2, -0.15) is 0 Å². The van der Waals surface area contributed by atoms with Crippen molar-refractivity contribution in [1.82, 2.24) is 5.32 Å². The minimum atomic E-state index is -0.639. The van der Waals surface area contributed by atoms with Crippen LogP contribution in [0.25, 0.3) is 0 Å². The lowest BCUT2D eigenvalue weighted by molar-refractivity contribution is -0.124. The van der Waals surface area contributed by atoms with E-state index in [0.717, 1.165) is 25.7 Å². The number of esters is 1. The van der Waals surface area contributed by atoms with Crippen LogP contribution < -0.4 is 14.8 Å². The van der Waals surface area contributed by atoms with Crippen molar-refractivity contribution < 1.29 is 23.8 Å². The lowest BCUT2D eigenvalue weighted by Gasteiger charge is -2.14. The summed E-state index contributed by atoms with van der Waals surface area (Å²) in [6.45, 7) is 1.92. The van der Waals surface area contributed by atoms with Crippen molar-refractivity contribution in [2.45, 2.75) is 38.6 Å². The highest BCUT2D eigenvalue weighted by atomic mass is 35.5. The van der Waals surface area contributed by atoms with Crippen molar-refractivity contribution in [2.75, 3.05) is 20.3 Å². The van der Waals surface area contributed by atoms with Gasteiger partial charge in [-0.25, -0.2) is 4.79 Å². The molecule has 1 N–H and O–H groups in total. The zero-order valence-electron chi connectivity index (χ0n) is 13.9. The van der Waals surface area contributed by atoms with Crippen LogP contribution in [0.15, 0.2) is 12.1 Å². The number of methoxy groups -OCH3 is 1. The molecule has 1 aliphatic rings. The fraction of sp³-hybridized carbons (Fsp3) is 0.529. The van der Waals surface area contributed by atoms with Crippen molar-refractivity contribution >= 4 is 23.5 Å². The second-order valence-corrected chi connectivity index (χ2v) is 5.95. The minimum Gasteiger partial charge on any atom is -0.493 e. The van der Waals surface area contributed by atoms with Gasteiger partial charge in [0.15, 0.2) is 18.1 Å². The zero-order valence-corrected chi connectivity index (χ0v) is 14.6. The Hall–Kier alpha value is -1.95. The van der Waals surface area contributed by atoms with Gasteiger partial charge in [0.25, 0.3) is 5.91 Å². The lowest BCUT2D eigenvalue weighted by atomic mass is 10.2. The van der Waals surface area contributed by atoms with E-state index < -0.39 is 5.97 Å². The van der Waals surface area contributed by atoms with Crippen LogP contribution in [-0.4, -0.2) is 38.2 Å². The number of hydrogen-bond acceptors (Lipinski definition) is 5. The maximum Gasteiger partial charge on any atom is 0.338 e. The van der Waals surface area contributed by atoms with E-state index in [4.69, 9.17) is 25.8 Å². The van der Waals surface area contributed by atoms with Gasteiger partial charge in [0, 0.05) is 6.04 Å². The highest BCUT2D eigenvalue weighted by molar-refractivity contribution is 6.32. The van der Waals surface area contributed by atoms with E-state index in [2.05, 4.69) is 5.32 Å². The average molecular weight is 356 g/mol. The second-order valence-electron chi connectivity index (χ2n) is 5.55. The summed E-state index contributed by atoms with van der Waals surface area (Å²) in [4.78, 5) is 23.9. The van der Waals surface area contributed by atoms with Gasteiger partial charge in [-0.1, -0.05) is 24.4 Å². The van der Waals surface area contributed by atoms with Crippen LogP contribution >= 0.6 is 11.6 Å². The van der Waals surface area contributed by atoms with Crippen LogP contribution in [0.5, 0.6) is 11.5 Å². The molecule has 0 radical (unpaired) electrons. The Labute approximate surface area is 146 Å². The number of hydrogen-bond donors (Lipinski definition) is 1. The van der Waals surface area contributed by atoms with Crippen molar-refractivity contribution in [2.24, 2.45) is 0 Å². The number of amides is 1. The number of nitrogens with one attached hydrogen (secondary N) is 1. The smallest absolute Gasteiger partial charge is 0.338 e. The maximum atomic E-state index is 12.1. The predicted octanol–water partition coefficient (Wildman–Crippen LogP) is 2.96. The first kappa shape index (κ1) is 18.4. The predicted molar refractivity (Wildman–Crippen MR) is 89.9 cm³/mol. The van der Waals surface area contributed by atoms with E-state index in [-0.39, 0.29) is 29.1 Å². The Kier molecular flexibility index (Phi) is 6.73. The highest BCUT2D eigenvalue weighted by Gasteiger charge is 2.20. The molecule has 1 fully saturated rings. The van der Waals surface area contributed by atoms with Gasteiger partial charge in [-0.3, -0.25) is 4.79 Å². The van der Waals surface area contributed by atoms with Crippen LogP contribution in [0.3, 0.4) is 0 Å². The third-order valence-electron chi connectivity index (χ3n) is 3.81. The first-order valence-electron chi connectivity index (χ1n) is 8.02. The van der Waals surface area contributed by atoms with Crippen LogP contribution in [0.1, 0.15) is 43.0 Å². The highest BCUT2D eigenvalue weighted by Crippen LogP contribution is 2.36. The molecule has 2 rings (SSSR count). The Morgan fingerprint density at radius 2 is 2.00 bits per heavy atom. The van der Waals surface area contributed by atoms with E-state index in [1.54, 1.807) is 0 Å². The van der Waals surface area contributed by atoms with E-state index in [0.29, 0.717) is 18.1 Å². The second kappa shape index (κ2) is 8.78. The summed E-state index contributed by atoms with van der Waals surface area (Å²) in [5.41, 5.74) is 0.203. The molecule has 1 saturated carbocycles. The molecule has 0 heterocycles. The maximum absolute atomic E-state index is 12.1. The van der Waals surface area contributed by atoms with Crippen molar-refractivity contribution in [3.8, 4) is 11.5 Å². The Balaban J connectivity index is 1.96. The third kappa shape index (κ3) is 4.77. The molecule has 0 unspecified atom stereocenters. The molecule has 0 aromatic heterocycles. The van der Waals surface area contributed by atoms with Gasteiger partial charge >= 0.3 is 5.97 Å². The summed E-state index contributed by atoms with van der Waals surface area (Å²) in [5, 5.41) is 3.11. The van der Waals surface area contributed by atoms with E-state index >= 15 is 0 Å². The number of carbonyl (C=O) groups excluding carboxylic acids is 2. The molecule has 132 valence electrons. The van der Waals surface area contributed by atoms with E-state index in [9.17, 15) is 9.59 Å². The van der Waals surface area contributed by atoms with Crippen molar-refractivity contribution in [3.63, 3.8) is 0 Å². The van der Waals surface area contributed by atoms with Gasteiger partial charge < -0.3 is 19.5 Å². The fourth-order valence-corrected chi connectivity index (χ4v) is 2.94. The summed E-state index contributed by atoms with van der Waals surface area (Å²) < 4.78 is 15.6. The standard InChI is InChI=1S/C17H22ClNO5/c1-3-23-16-13(18)8-11(9-14(16)22-2)17(21)24-10-15(20)19-12-6-4-5-7-12/h8-9,12H,3-7,10H2,1-2H3,(H,19,20). The van der Waals surface area contributed by atoms with Crippen molar-refractivity contribution in [1.29, 1.82) is 0 Å². The largest absolute Gasteiger partial charge is 0.493 e. The van der Waals surface area contributed by atoms with Gasteiger partial charge in [0.05, 0.1) is 24.3 Å². The van der Waals surface area contributed by atoms with Gasteiger partial charge in [-0.05, 0) is 31.9 Å². The minimum absolute atomic E-state index is 0.191. The Bertz CT molecular complexity index is 599. The Morgan fingerprint density at radius 3 is 2.62 bits per heavy atom. The van der Waals surface area contributed by atoms with E-state index in [1.807, 2.05) is 6.92 Å². The summed E-state index contributed by atoms with van der Waals surface area (Å²) in [5.74, 6) is -0.219. The first-order valence-corrected chi connectivity index (χ1v) is 8.39. The lowest BCUT2D eigenvalue weighted by Crippen LogP contribution is -2.35. The van der Waals surface area contributed by atoms with Crippen LogP contribution in [0.4, 0.5) is 0 Å². The average Bonchev–Trinajstić information content (AvgIpc) is 3.07. The van der Waals surface area contributed by atoms with E-state index in [1.165, 1.54) is 19.2 Å². The number of benzene rings is 1. The number of carbonyl (C=O) groups is 2. The van der Waals surface area contributed by atoms with Crippen molar-refractivity contribution in [3.05, 3.63) is 22.7 Å². The molecule has 7 heteroatoms. The molecule has 1 aromatic rings. The molecule has 1 amide bonds. The summed E-state index contributed by atoms with van der Waals surface area (Å²) >= 11 is 6.12. The molecule has 0 aliphatic heterocycles.